The van der Waals surface area contributed by atoms with Gasteiger partial charge in [-0.1, -0.05) is 85.1 Å². The highest BCUT2D eigenvalue weighted by Gasteiger charge is 2.54. The zero-order chi connectivity index (χ0) is 24.7. The Bertz CT molecular complexity index is 709. The molecule has 0 bridgehead atoms. The van der Waals surface area contributed by atoms with Gasteiger partial charge in [0.05, 0.1) is 0 Å². The summed E-state index contributed by atoms with van der Waals surface area (Å²) in [5, 5.41) is 0. The van der Waals surface area contributed by atoms with Crippen LogP contribution >= 0.6 is 0 Å². The van der Waals surface area contributed by atoms with Gasteiger partial charge in [-0.15, -0.1) is 0 Å². The van der Waals surface area contributed by atoms with Crippen molar-refractivity contribution in [1.82, 2.24) is 0 Å². The maximum atomic E-state index is 12.8. The third kappa shape index (κ3) is 6.35. The number of carbonyl (C=O) groups is 2. The van der Waals surface area contributed by atoms with Crippen molar-refractivity contribution in [1.29, 1.82) is 0 Å². The van der Waals surface area contributed by atoms with Gasteiger partial charge in [-0.2, -0.15) is 0 Å². The lowest BCUT2D eigenvalue weighted by Gasteiger charge is -2.57. The molecule has 3 aliphatic rings. The summed E-state index contributed by atoms with van der Waals surface area (Å²) in [7, 11) is 0. The second kappa shape index (κ2) is 12.7. The van der Waals surface area contributed by atoms with E-state index < -0.39 is 0 Å². The van der Waals surface area contributed by atoms with E-state index in [9.17, 15) is 9.59 Å². The molecule has 0 saturated heterocycles. The number of fused-ring (bicyclic) bond motifs is 3. The zero-order valence-corrected chi connectivity index (χ0v) is 22.9. The van der Waals surface area contributed by atoms with E-state index in [4.69, 9.17) is 4.74 Å². The highest BCUT2D eigenvalue weighted by atomic mass is 16.5. The van der Waals surface area contributed by atoms with E-state index in [0.717, 1.165) is 44.9 Å². The van der Waals surface area contributed by atoms with Gasteiger partial charge >= 0.3 is 5.97 Å². The molecule has 0 amide bonds. The van der Waals surface area contributed by atoms with Gasteiger partial charge in [0.15, 0.2) is 5.78 Å². The molecule has 3 heteroatoms. The van der Waals surface area contributed by atoms with Gasteiger partial charge < -0.3 is 4.74 Å². The maximum absolute atomic E-state index is 12.8. The summed E-state index contributed by atoms with van der Waals surface area (Å²) in [5.41, 5.74) is 1.48. The van der Waals surface area contributed by atoms with Crippen LogP contribution in [0.15, 0.2) is 11.6 Å². The standard InChI is InChI=1S/C31H52O3/c1-6-8-9-10-11-12-13-14-15-29(33)34-28(7-2)31(5)19-18-27-26-17-16-25(32)21-24(26)20-22(3)30(27)23(31)4/h21-23,26-28,30H,6-20H2,1-5H3/t22-,23+,26+,27-,28+,30+,31+/m1/s1. The van der Waals surface area contributed by atoms with E-state index in [2.05, 4.69) is 34.6 Å². The van der Waals surface area contributed by atoms with Gasteiger partial charge in [-0.25, -0.2) is 0 Å². The lowest BCUT2D eigenvalue weighted by atomic mass is 9.48. The largest absolute Gasteiger partial charge is 0.462 e. The first-order valence-corrected chi connectivity index (χ1v) is 14.7. The van der Waals surface area contributed by atoms with Crippen molar-refractivity contribution in [3.63, 3.8) is 0 Å². The van der Waals surface area contributed by atoms with Crippen molar-refractivity contribution in [3.8, 4) is 0 Å². The number of ketones is 1. The summed E-state index contributed by atoms with van der Waals surface area (Å²) in [4.78, 5) is 24.8. The maximum Gasteiger partial charge on any atom is 0.306 e. The Labute approximate surface area is 209 Å². The molecular formula is C31H52O3. The number of hydrogen-bond acceptors (Lipinski definition) is 3. The van der Waals surface area contributed by atoms with Gasteiger partial charge in [0.25, 0.3) is 0 Å². The van der Waals surface area contributed by atoms with Crippen molar-refractivity contribution in [3.05, 3.63) is 11.6 Å². The summed E-state index contributed by atoms with van der Waals surface area (Å²) < 4.78 is 6.21. The molecule has 0 unspecified atom stereocenters. The Morgan fingerprint density at radius 1 is 1.06 bits per heavy atom. The van der Waals surface area contributed by atoms with Crippen LogP contribution in [0.25, 0.3) is 0 Å². The van der Waals surface area contributed by atoms with Crippen LogP contribution in [-0.2, 0) is 14.3 Å². The van der Waals surface area contributed by atoms with E-state index in [0.29, 0.717) is 41.8 Å². The number of unbranched alkanes of at least 4 members (excludes halogenated alkanes) is 7. The molecule has 3 aliphatic carbocycles. The first-order valence-electron chi connectivity index (χ1n) is 14.7. The van der Waals surface area contributed by atoms with Gasteiger partial charge in [-0.05, 0) is 74.2 Å². The van der Waals surface area contributed by atoms with Crippen LogP contribution in [0.5, 0.6) is 0 Å². The number of allylic oxidation sites excluding steroid dienone is 2. The molecule has 0 aliphatic heterocycles. The van der Waals surface area contributed by atoms with E-state index in [-0.39, 0.29) is 17.5 Å². The predicted octanol–water partition coefficient (Wildman–Crippen LogP) is 8.45. The number of esters is 1. The first kappa shape index (κ1) is 27.5. The third-order valence-electron chi connectivity index (χ3n) is 10.00. The highest BCUT2D eigenvalue weighted by molar-refractivity contribution is 5.91. The van der Waals surface area contributed by atoms with E-state index in [1.54, 1.807) is 0 Å². The molecule has 3 nitrogen and oxygen atoms in total. The van der Waals surface area contributed by atoms with Crippen molar-refractivity contribution >= 4 is 11.8 Å². The molecule has 2 saturated carbocycles. The minimum absolute atomic E-state index is 0.0149. The lowest BCUT2D eigenvalue weighted by molar-refractivity contribution is -0.168. The Kier molecular flexibility index (Phi) is 10.3. The molecule has 0 heterocycles. The topological polar surface area (TPSA) is 43.4 Å². The molecule has 0 radical (unpaired) electrons. The molecule has 0 spiro atoms. The quantitative estimate of drug-likeness (QED) is 0.211. The Morgan fingerprint density at radius 2 is 1.74 bits per heavy atom. The Morgan fingerprint density at radius 3 is 2.41 bits per heavy atom. The van der Waals surface area contributed by atoms with Crippen molar-refractivity contribution in [2.24, 2.45) is 35.0 Å². The summed E-state index contributed by atoms with van der Waals surface area (Å²) in [6, 6.07) is 0. The number of carbonyl (C=O) groups excluding carboxylic acids is 2. The molecule has 3 rings (SSSR count). The zero-order valence-electron chi connectivity index (χ0n) is 22.9. The van der Waals surface area contributed by atoms with Crippen LogP contribution in [0.1, 0.15) is 131 Å². The highest BCUT2D eigenvalue weighted by Crippen LogP contribution is 2.59. The van der Waals surface area contributed by atoms with Gasteiger partial charge in [0, 0.05) is 18.3 Å². The molecule has 34 heavy (non-hydrogen) atoms. The average Bonchev–Trinajstić information content (AvgIpc) is 2.81. The van der Waals surface area contributed by atoms with Crippen LogP contribution in [0.2, 0.25) is 0 Å². The van der Waals surface area contributed by atoms with Crippen molar-refractivity contribution in [2.75, 3.05) is 0 Å². The Balaban J connectivity index is 1.53. The van der Waals surface area contributed by atoms with Crippen LogP contribution < -0.4 is 0 Å². The summed E-state index contributed by atoms with van der Waals surface area (Å²) in [5.74, 6) is 3.43. The van der Waals surface area contributed by atoms with E-state index in [1.165, 1.54) is 50.5 Å². The molecule has 0 aromatic heterocycles. The molecule has 7 atom stereocenters. The Hall–Kier alpha value is -1.12. The van der Waals surface area contributed by atoms with Crippen LogP contribution in [0, 0.1) is 35.0 Å². The van der Waals surface area contributed by atoms with Crippen LogP contribution in [-0.4, -0.2) is 17.9 Å². The molecule has 194 valence electrons. The predicted molar refractivity (Wildman–Crippen MR) is 140 cm³/mol. The normalized spacial score (nSPS) is 34.1. The summed E-state index contributed by atoms with van der Waals surface area (Å²) in [6.07, 6.45) is 18.6. The van der Waals surface area contributed by atoms with Crippen LogP contribution in [0.3, 0.4) is 0 Å². The van der Waals surface area contributed by atoms with Gasteiger partial charge in [0.2, 0.25) is 0 Å². The lowest BCUT2D eigenvalue weighted by Crippen LogP contribution is -2.53. The van der Waals surface area contributed by atoms with E-state index in [1.807, 2.05) is 6.08 Å². The molecule has 0 N–H and O–H groups in total. The first-order chi connectivity index (χ1) is 16.3. The number of rotatable bonds is 12. The molecule has 0 aromatic carbocycles. The number of hydrogen-bond donors (Lipinski definition) is 0. The smallest absolute Gasteiger partial charge is 0.306 e. The minimum atomic E-state index is 0.0149. The van der Waals surface area contributed by atoms with Crippen LogP contribution in [0.4, 0.5) is 0 Å². The van der Waals surface area contributed by atoms with Gasteiger partial charge in [0.1, 0.15) is 6.10 Å². The summed E-state index contributed by atoms with van der Waals surface area (Å²) in [6.45, 7) is 11.7. The second-order valence-corrected chi connectivity index (χ2v) is 12.2. The summed E-state index contributed by atoms with van der Waals surface area (Å²) >= 11 is 0. The number of ether oxygens (including phenoxy) is 1. The SMILES string of the molecule is CCCCCCCCCCC(=O)O[C@@H](CC)[C@@]1(C)CC[C@H]2[C@@H]([C@H](C)CC3=CC(=O)CC[C@@H]32)[C@@H]1C. The monoisotopic (exact) mass is 472 g/mol. The molecule has 0 aromatic rings. The fraction of sp³-hybridized carbons (Fsp3) is 0.871. The average molecular weight is 473 g/mol. The minimum Gasteiger partial charge on any atom is -0.462 e. The van der Waals surface area contributed by atoms with Crippen molar-refractivity contribution in [2.45, 2.75) is 137 Å². The molecule has 2 fully saturated rings. The third-order valence-corrected chi connectivity index (χ3v) is 10.00. The fourth-order valence-corrected chi connectivity index (χ4v) is 7.93. The van der Waals surface area contributed by atoms with E-state index >= 15 is 0 Å². The molecular weight excluding hydrogens is 420 g/mol. The second-order valence-electron chi connectivity index (χ2n) is 12.2. The van der Waals surface area contributed by atoms with Crippen molar-refractivity contribution < 1.29 is 14.3 Å². The van der Waals surface area contributed by atoms with Gasteiger partial charge in [-0.3, -0.25) is 9.59 Å². The fourth-order valence-electron chi connectivity index (χ4n) is 7.93.